The van der Waals surface area contributed by atoms with Crippen molar-refractivity contribution in [3.8, 4) is 0 Å². The van der Waals surface area contributed by atoms with Gasteiger partial charge in [0.2, 0.25) is 0 Å². The highest BCUT2D eigenvalue weighted by molar-refractivity contribution is 5.98. The normalized spacial score (nSPS) is 16.4. The zero-order chi connectivity index (χ0) is 19.1. The first-order valence-electron chi connectivity index (χ1n) is 8.32. The van der Waals surface area contributed by atoms with Crippen molar-refractivity contribution in [2.75, 3.05) is 26.1 Å². The molecule has 0 saturated carbocycles. The molecule has 3 N–H and O–H groups in total. The number of hydrogen-bond acceptors (Lipinski definition) is 7. The lowest BCUT2D eigenvalue weighted by atomic mass is 9.83. The highest BCUT2D eigenvalue weighted by atomic mass is 16.6. The van der Waals surface area contributed by atoms with E-state index in [9.17, 15) is 9.59 Å². The molecule has 7 heteroatoms. The molecule has 0 saturated heterocycles. The molecule has 0 fully saturated rings. The van der Waals surface area contributed by atoms with Gasteiger partial charge >= 0.3 is 11.9 Å². The largest absolute Gasteiger partial charge is 0.460 e. The second-order valence-electron chi connectivity index (χ2n) is 6.05. The van der Waals surface area contributed by atoms with Gasteiger partial charge in [0.15, 0.2) is 0 Å². The Morgan fingerprint density at radius 3 is 2.46 bits per heavy atom. The average molecular weight is 360 g/mol. The van der Waals surface area contributed by atoms with Gasteiger partial charge in [-0.05, 0) is 31.5 Å². The zero-order valence-corrected chi connectivity index (χ0v) is 15.2. The van der Waals surface area contributed by atoms with Crippen LogP contribution in [0, 0.1) is 0 Å². The Morgan fingerprint density at radius 2 is 1.85 bits per heavy atom. The van der Waals surface area contributed by atoms with E-state index in [0.29, 0.717) is 22.4 Å². The highest BCUT2D eigenvalue weighted by Crippen LogP contribution is 2.35. The van der Waals surface area contributed by atoms with Gasteiger partial charge < -0.3 is 25.3 Å². The number of carbonyl (C=O) groups excluding carboxylic acids is 2. The molecule has 0 amide bonds. The van der Waals surface area contributed by atoms with Gasteiger partial charge in [-0.2, -0.15) is 0 Å². The Labute approximate surface area is 152 Å². The number of carbonyl (C=O) groups is 2. The van der Waals surface area contributed by atoms with Crippen LogP contribution in [0.3, 0.4) is 0 Å². The van der Waals surface area contributed by atoms with Crippen LogP contribution in [-0.4, -0.2) is 38.4 Å². The lowest BCUT2D eigenvalue weighted by molar-refractivity contribution is -0.143. The lowest BCUT2D eigenvalue weighted by Crippen LogP contribution is -2.28. The third-order valence-electron chi connectivity index (χ3n) is 3.68. The molecule has 1 aliphatic rings. The Morgan fingerprint density at radius 1 is 1.15 bits per heavy atom. The maximum atomic E-state index is 12.5. The van der Waals surface area contributed by atoms with E-state index >= 15 is 0 Å². The van der Waals surface area contributed by atoms with Crippen molar-refractivity contribution >= 4 is 17.6 Å². The summed E-state index contributed by atoms with van der Waals surface area (Å²) in [4.78, 5) is 25.1. The van der Waals surface area contributed by atoms with Crippen molar-refractivity contribution in [1.29, 1.82) is 0 Å². The second-order valence-corrected chi connectivity index (χ2v) is 6.05. The molecule has 26 heavy (non-hydrogen) atoms. The molecule has 7 nitrogen and oxygen atoms in total. The topological polar surface area (TPSA) is 99.9 Å². The van der Waals surface area contributed by atoms with Gasteiger partial charge in [0.05, 0.1) is 29.8 Å². The van der Waals surface area contributed by atoms with Crippen LogP contribution in [0.2, 0.25) is 0 Å². The fourth-order valence-electron chi connectivity index (χ4n) is 2.59. The minimum absolute atomic E-state index is 0.117. The molecule has 1 aromatic carbocycles. The SMILES string of the molecule is COCCOC(=O)C1=CNC=C(C(=O)OC(C)C)C1c1cccc(N)c1. The predicted molar refractivity (Wildman–Crippen MR) is 97.0 cm³/mol. The molecule has 1 heterocycles. The monoisotopic (exact) mass is 360 g/mol. The van der Waals surface area contributed by atoms with Gasteiger partial charge in [-0.3, -0.25) is 0 Å². The first kappa shape index (κ1) is 19.5. The Hall–Kier alpha value is -2.80. The molecule has 0 spiro atoms. The molecule has 1 aliphatic heterocycles. The van der Waals surface area contributed by atoms with E-state index in [2.05, 4.69) is 5.32 Å². The average Bonchev–Trinajstić information content (AvgIpc) is 2.60. The van der Waals surface area contributed by atoms with Gasteiger partial charge in [-0.1, -0.05) is 12.1 Å². The zero-order valence-electron chi connectivity index (χ0n) is 15.2. The fraction of sp³-hybridized carbons (Fsp3) is 0.368. The molecule has 0 bridgehead atoms. The van der Waals surface area contributed by atoms with Gasteiger partial charge in [0.25, 0.3) is 0 Å². The third-order valence-corrected chi connectivity index (χ3v) is 3.68. The molecule has 1 atom stereocenters. The van der Waals surface area contributed by atoms with E-state index in [4.69, 9.17) is 19.9 Å². The fourth-order valence-corrected chi connectivity index (χ4v) is 2.59. The number of anilines is 1. The number of methoxy groups -OCH3 is 1. The number of benzene rings is 1. The second kappa shape index (κ2) is 9.05. The standard InChI is InChI=1S/C19H24N2O5/c1-12(2)26-19(23)16-11-21-10-15(18(22)25-8-7-24-3)17(16)13-5-4-6-14(20)9-13/h4-6,9-12,17,21H,7-8,20H2,1-3H3. The molecule has 2 rings (SSSR count). The third kappa shape index (κ3) is 4.86. The Balaban J connectivity index is 2.36. The first-order chi connectivity index (χ1) is 12.4. The van der Waals surface area contributed by atoms with E-state index < -0.39 is 17.9 Å². The smallest absolute Gasteiger partial charge is 0.336 e. The number of hydrogen-bond donors (Lipinski definition) is 2. The lowest BCUT2D eigenvalue weighted by Gasteiger charge is -2.26. The summed E-state index contributed by atoms with van der Waals surface area (Å²) in [6.45, 7) is 3.93. The van der Waals surface area contributed by atoms with Gasteiger partial charge in [0.1, 0.15) is 6.61 Å². The summed E-state index contributed by atoms with van der Waals surface area (Å²) in [5, 5.41) is 2.84. The minimum Gasteiger partial charge on any atom is -0.460 e. The van der Waals surface area contributed by atoms with E-state index in [0.717, 1.165) is 0 Å². The van der Waals surface area contributed by atoms with Gasteiger partial charge in [-0.15, -0.1) is 0 Å². The van der Waals surface area contributed by atoms with Crippen LogP contribution < -0.4 is 11.1 Å². The quantitative estimate of drug-likeness (QED) is 0.435. The molecular weight excluding hydrogens is 336 g/mol. The molecule has 1 aromatic rings. The molecule has 0 aromatic heterocycles. The van der Waals surface area contributed by atoms with Crippen molar-refractivity contribution in [2.24, 2.45) is 0 Å². The number of esters is 2. The van der Waals surface area contributed by atoms with Crippen LogP contribution in [0.1, 0.15) is 25.3 Å². The number of ether oxygens (including phenoxy) is 3. The van der Waals surface area contributed by atoms with Crippen LogP contribution in [0.15, 0.2) is 47.8 Å². The summed E-state index contributed by atoms with van der Waals surface area (Å²) in [5.41, 5.74) is 7.73. The van der Waals surface area contributed by atoms with Gasteiger partial charge in [-0.25, -0.2) is 9.59 Å². The van der Waals surface area contributed by atoms with Crippen LogP contribution in [0.5, 0.6) is 0 Å². The maximum absolute atomic E-state index is 12.5. The predicted octanol–water partition coefficient (Wildman–Crippen LogP) is 1.86. The molecule has 0 aliphatic carbocycles. The summed E-state index contributed by atoms with van der Waals surface area (Å²) in [7, 11) is 1.52. The number of rotatable bonds is 7. The maximum Gasteiger partial charge on any atom is 0.336 e. The molecule has 0 radical (unpaired) electrons. The first-order valence-corrected chi connectivity index (χ1v) is 8.32. The number of dihydropyridines is 1. The van der Waals surface area contributed by atoms with E-state index in [-0.39, 0.29) is 19.3 Å². The summed E-state index contributed by atoms with van der Waals surface area (Å²) in [5.74, 6) is -1.68. The Kier molecular flexibility index (Phi) is 6.80. The number of nitrogen functional groups attached to an aromatic ring is 1. The number of nitrogens with two attached hydrogens (primary N) is 1. The molecule has 1 unspecified atom stereocenters. The van der Waals surface area contributed by atoms with Crippen molar-refractivity contribution in [2.45, 2.75) is 25.9 Å². The van der Waals surface area contributed by atoms with Crippen LogP contribution in [0.25, 0.3) is 0 Å². The summed E-state index contributed by atoms with van der Waals surface area (Å²) in [6.07, 6.45) is 2.77. The van der Waals surface area contributed by atoms with Crippen molar-refractivity contribution in [3.63, 3.8) is 0 Å². The highest BCUT2D eigenvalue weighted by Gasteiger charge is 2.34. The van der Waals surface area contributed by atoms with Crippen molar-refractivity contribution < 1.29 is 23.8 Å². The van der Waals surface area contributed by atoms with E-state index in [1.807, 2.05) is 0 Å². The molecular formula is C19H24N2O5. The van der Waals surface area contributed by atoms with Crippen LogP contribution in [-0.2, 0) is 23.8 Å². The van der Waals surface area contributed by atoms with Crippen LogP contribution in [0.4, 0.5) is 5.69 Å². The Bertz CT molecular complexity index is 724. The van der Waals surface area contributed by atoms with Crippen LogP contribution >= 0.6 is 0 Å². The summed E-state index contributed by atoms with van der Waals surface area (Å²) >= 11 is 0. The minimum atomic E-state index is -0.638. The van der Waals surface area contributed by atoms with Crippen molar-refractivity contribution in [1.82, 2.24) is 5.32 Å². The summed E-state index contributed by atoms with van der Waals surface area (Å²) < 4.78 is 15.4. The number of nitrogens with one attached hydrogen (secondary N) is 1. The summed E-state index contributed by atoms with van der Waals surface area (Å²) in [6, 6.07) is 7.04. The molecule has 140 valence electrons. The van der Waals surface area contributed by atoms with Gasteiger partial charge in [0, 0.05) is 25.2 Å². The van der Waals surface area contributed by atoms with Crippen molar-refractivity contribution in [3.05, 3.63) is 53.4 Å². The van der Waals surface area contributed by atoms with E-state index in [1.54, 1.807) is 38.1 Å². The van der Waals surface area contributed by atoms with E-state index in [1.165, 1.54) is 19.5 Å².